The molecule has 0 fully saturated rings. The van der Waals surface area contributed by atoms with Gasteiger partial charge in [0.25, 0.3) is 10.0 Å². The van der Waals surface area contributed by atoms with E-state index >= 15 is 0 Å². The molecule has 9 heteroatoms. The van der Waals surface area contributed by atoms with Gasteiger partial charge in [-0.05, 0) is 6.92 Å². The molecule has 17 heavy (non-hydrogen) atoms. The van der Waals surface area contributed by atoms with Crippen molar-refractivity contribution in [1.82, 2.24) is 14.5 Å². The smallest absolute Gasteiger partial charge is 0.340 e. The van der Waals surface area contributed by atoms with E-state index in [-0.39, 0.29) is 6.54 Å². The molecular weight excluding hydrogens is 250 g/mol. The molecule has 0 spiro atoms. The van der Waals surface area contributed by atoms with E-state index in [4.69, 9.17) is 10.2 Å². The first kappa shape index (κ1) is 13.6. The van der Waals surface area contributed by atoms with Gasteiger partial charge in [0.15, 0.2) is 5.03 Å². The Hall–Kier alpha value is -1.45. The van der Waals surface area contributed by atoms with Crippen molar-refractivity contribution in [1.29, 1.82) is 0 Å². The quantitative estimate of drug-likeness (QED) is 0.633. The first-order valence-electron chi connectivity index (χ1n) is 4.68. The van der Waals surface area contributed by atoms with Crippen LogP contribution in [0.3, 0.4) is 0 Å². The highest BCUT2D eigenvalue weighted by Gasteiger charge is 2.29. The predicted molar refractivity (Wildman–Crippen MR) is 57.0 cm³/mol. The number of aromatic carboxylic acids is 1. The maximum absolute atomic E-state index is 11.9. The number of aromatic nitrogens is 2. The number of likely N-dealkylation sites (N-methyl/N-ethyl adjacent to an activating group) is 1. The van der Waals surface area contributed by atoms with Crippen LogP contribution >= 0.6 is 0 Å². The van der Waals surface area contributed by atoms with E-state index in [1.165, 1.54) is 14.0 Å². The average Bonchev–Trinajstić information content (AvgIpc) is 2.64. The Morgan fingerprint density at radius 3 is 2.71 bits per heavy atom. The molecule has 1 aromatic rings. The number of aromatic amines is 1. The lowest BCUT2D eigenvalue weighted by molar-refractivity contribution is 0.0692. The fraction of sp³-hybridized carbons (Fsp3) is 0.500. The number of rotatable bonds is 5. The molecule has 1 unspecified atom stereocenters. The summed E-state index contributed by atoms with van der Waals surface area (Å²) < 4.78 is 24.7. The Bertz CT molecular complexity index is 507. The molecule has 0 amide bonds. The minimum Gasteiger partial charge on any atom is -0.478 e. The Balaban J connectivity index is 3.13. The lowest BCUT2D eigenvalue weighted by atomic mass is 10.4. The molecule has 0 saturated carbocycles. The van der Waals surface area contributed by atoms with Crippen LogP contribution in [-0.4, -0.2) is 58.8 Å². The Morgan fingerprint density at radius 2 is 2.24 bits per heavy atom. The van der Waals surface area contributed by atoms with Gasteiger partial charge in [-0.1, -0.05) is 0 Å². The highest BCUT2D eigenvalue weighted by Crippen LogP contribution is 2.16. The van der Waals surface area contributed by atoms with Crippen molar-refractivity contribution in [3.05, 3.63) is 11.8 Å². The molecule has 1 aromatic heterocycles. The second-order valence-electron chi connectivity index (χ2n) is 3.55. The summed E-state index contributed by atoms with van der Waals surface area (Å²) in [7, 11) is -2.75. The molecular formula is C8H13N3O5S. The molecule has 0 bridgehead atoms. The van der Waals surface area contributed by atoms with Crippen molar-refractivity contribution in [3.8, 4) is 0 Å². The summed E-state index contributed by atoms with van der Waals surface area (Å²) in [5, 5.41) is 22.9. The van der Waals surface area contributed by atoms with E-state index in [0.717, 1.165) is 10.5 Å². The van der Waals surface area contributed by atoms with Crippen LogP contribution in [0.15, 0.2) is 11.2 Å². The zero-order valence-electron chi connectivity index (χ0n) is 9.28. The first-order valence-corrected chi connectivity index (χ1v) is 6.12. The van der Waals surface area contributed by atoms with Gasteiger partial charge < -0.3 is 10.2 Å². The molecule has 0 aliphatic carbocycles. The van der Waals surface area contributed by atoms with Crippen LogP contribution in [0.5, 0.6) is 0 Å². The molecule has 8 nitrogen and oxygen atoms in total. The van der Waals surface area contributed by atoms with E-state index in [1.54, 1.807) is 0 Å². The monoisotopic (exact) mass is 263 g/mol. The predicted octanol–water partition coefficient (Wildman–Crippen LogP) is -0.891. The second kappa shape index (κ2) is 4.82. The molecule has 0 aliphatic rings. The van der Waals surface area contributed by atoms with Crippen LogP contribution in [0.1, 0.15) is 17.3 Å². The summed E-state index contributed by atoms with van der Waals surface area (Å²) in [6.45, 7) is 1.29. The summed E-state index contributed by atoms with van der Waals surface area (Å²) in [5.41, 5.74) is -0.428. The van der Waals surface area contributed by atoms with Crippen LogP contribution in [0.25, 0.3) is 0 Å². The van der Waals surface area contributed by atoms with Crippen molar-refractivity contribution in [2.45, 2.75) is 18.1 Å². The number of carboxylic acids is 1. The van der Waals surface area contributed by atoms with Crippen LogP contribution in [-0.2, 0) is 10.0 Å². The lowest BCUT2D eigenvalue weighted by Gasteiger charge is -2.17. The number of hydrogen-bond donors (Lipinski definition) is 3. The Kier molecular flexibility index (Phi) is 3.86. The van der Waals surface area contributed by atoms with Crippen molar-refractivity contribution in [2.24, 2.45) is 0 Å². The first-order chi connectivity index (χ1) is 7.76. The molecule has 0 aliphatic heterocycles. The fourth-order valence-corrected chi connectivity index (χ4v) is 2.56. The summed E-state index contributed by atoms with van der Waals surface area (Å²) in [6, 6.07) is 0. The Labute approximate surface area is 97.9 Å². The summed E-state index contributed by atoms with van der Waals surface area (Å²) in [6.07, 6.45) is 0.0665. The van der Waals surface area contributed by atoms with Gasteiger partial charge in [-0.25, -0.2) is 13.2 Å². The number of carbonyl (C=O) groups is 1. The van der Waals surface area contributed by atoms with Gasteiger partial charge in [0, 0.05) is 13.6 Å². The van der Waals surface area contributed by atoms with E-state index in [1.807, 2.05) is 0 Å². The number of carboxylic acid groups (broad SMARTS) is 1. The number of aliphatic hydroxyl groups excluding tert-OH is 1. The molecule has 0 radical (unpaired) electrons. The standard InChI is InChI=1S/C8H13N3O5S/c1-5(12)4-11(2)17(15,16)7-6(8(13)14)3-9-10-7/h3,5,12H,4H2,1-2H3,(H,9,10)(H,13,14). The Morgan fingerprint density at radius 1 is 1.65 bits per heavy atom. The summed E-state index contributed by atoms with van der Waals surface area (Å²) in [5.74, 6) is -1.39. The minimum absolute atomic E-state index is 0.138. The van der Waals surface area contributed by atoms with Gasteiger partial charge in [0.05, 0.1) is 12.3 Å². The molecule has 1 heterocycles. The van der Waals surface area contributed by atoms with Crippen LogP contribution in [0.2, 0.25) is 0 Å². The molecule has 0 aromatic carbocycles. The number of sulfonamides is 1. The molecule has 96 valence electrons. The molecule has 3 N–H and O–H groups in total. The SMILES string of the molecule is CC(O)CN(C)S(=O)(=O)c1[nH]ncc1C(=O)O. The maximum Gasteiger partial charge on any atom is 0.340 e. The average molecular weight is 263 g/mol. The molecule has 1 rings (SSSR count). The summed E-state index contributed by atoms with van der Waals surface area (Å²) in [4.78, 5) is 10.8. The van der Waals surface area contributed by atoms with Crippen molar-refractivity contribution >= 4 is 16.0 Å². The normalized spacial score (nSPS) is 13.9. The highest BCUT2D eigenvalue weighted by atomic mass is 32.2. The van der Waals surface area contributed by atoms with Gasteiger partial charge >= 0.3 is 5.97 Å². The van der Waals surface area contributed by atoms with Gasteiger partial charge in [-0.15, -0.1) is 0 Å². The highest BCUT2D eigenvalue weighted by molar-refractivity contribution is 7.89. The van der Waals surface area contributed by atoms with Gasteiger partial charge in [0.1, 0.15) is 5.56 Å². The number of aliphatic hydroxyl groups is 1. The van der Waals surface area contributed by atoms with Crippen LogP contribution < -0.4 is 0 Å². The van der Waals surface area contributed by atoms with Gasteiger partial charge in [-0.3, -0.25) is 5.10 Å². The zero-order chi connectivity index (χ0) is 13.2. The topological polar surface area (TPSA) is 124 Å². The molecule has 1 atom stereocenters. The second-order valence-corrected chi connectivity index (χ2v) is 5.53. The third-order valence-corrected chi connectivity index (χ3v) is 3.82. The number of nitrogens with one attached hydrogen (secondary N) is 1. The number of H-pyrrole nitrogens is 1. The van der Waals surface area contributed by atoms with Crippen LogP contribution in [0, 0.1) is 0 Å². The van der Waals surface area contributed by atoms with E-state index in [9.17, 15) is 13.2 Å². The van der Waals surface area contributed by atoms with Crippen molar-refractivity contribution in [3.63, 3.8) is 0 Å². The van der Waals surface area contributed by atoms with E-state index < -0.39 is 32.7 Å². The zero-order valence-corrected chi connectivity index (χ0v) is 10.1. The maximum atomic E-state index is 11.9. The third kappa shape index (κ3) is 2.81. The lowest BCUT2D eigenvalue weighted by Crippen LogP contribution is -2.34. The number of hydrogen-bond acceptors (Lipinski definition) is 5. The van der Waals surface area contributed by atoms with E-state index in [2.05, 4.69) is 10.2 Å². The summed E-state index contributed by atoms with van der Waals surface area (Å²) >= 11 is 0. The van der Waals surface area contributed by atoms with Crippen molar-refractivity contribution < 1.29 is 23.4 Å². The fourth-order valence-electron chi connectivity index (χ4n) is 1.25. The number of nitrogens with zero attached hydrogens (tertiary/aromatic N) is 2. The van der Waals surface area contributed by atoms with Gasteiger partial charge in [0.2, 0.25) is 0 Å². The molecule has 0 saturated heterocycles. The largest absolute Gasteiger partial charge is 0.478 e. The van der Waals surface area contributed by atoms with Gasteiger partial charge in [-0.2, -0.15) is 9.40 Å². The van der Waals surface area contributed by atoms with Crippen molar-refractivity contribution in [2.75, 3.05) is 13.6 Å². The van der Waals surface area contributed by atoms with Crippen LogP contribution in [0.4, 0.5) is 0 Å². The third-order valence-electron chi connectivity index (χ3n) is 2.02. The van der Waals surface area contributed by atoms with E-state index in [0.29, 0.717) is 0 Å². The minimum atomic E-state index is -3.99.